The lowest BCUT2D eigenvalue weighted by atomic mass is 10.2. The summed E-state index contributed by atoms with van der Waals surface area (Å²) in [5.41, 5.74) is 1.23. The normalized spacial score (nSPS) is 10.1. The van der Waals surface area contributed by atoms with Gasteiger partial charge in [0.1, 0.15) is 5.75 Å². The average molecular weight is 385 g/mol. The number of carbonyl (C=O) groups excluding carboxylic acids is 1. The van der Waals surface area contributed by atoms with Crippen LogP contribution in [0.25, 0.3) is 0 Å². The van der Waals surface area contributed by atoms with Gasteiger partial charge in [-0.15, -0.1) is 0 Å². The van der Waals surface area contributed by atoms with Crippen molar-refractivity contribution in [1.29, 1.82) is 0 Å². The molecule has 0 saturated heterocycles. The van der Waals surface area contributed by atoms with Crippen molar-refractivity contribution in [3.8, 4) is 5.75 Å². The molecule has 1 amide bonds. The van der Waals surface area contributed by atoms with Crippen molar-refractivity contribution in [2.45, 2.75) is 0 Å². The molecular weight excluding hydrogens is 374 g/mol. The van der Waals surface area contributed by atoms with Gasteiger partial charge in [-0.3, -0.25) is 4.79 Å². The van der Waals surface area contributed by atoms with Crippen LogP contribution in [-0.4, -0.2) is 13.0 Å². The number of ether oxygens (including phenoxy) is 1. The molecule has 0 aromatic heterocycles. The summed E-state index contributed by atoms with van der Waals surface area (Å²) in [4.78, 5) is 12.2. The third-order valence-electron chi connectivity index (χ3n) is 2.51. The van der Waals surface area contributed by atoms with E-state index < -0.39 is 0 Å². The van der Waals surface area contributed by atoms with Crippen LogP contribution >= 0.6 is 31.9 Å². The third-order valence-corrected chi connectivity index (χ3v) is 3.53. The molecular formula is C14H11Br2NO2. The molecule has 0 radical (unpaired) electrons. The van der Waals surface area contributed by atoms with Gasteiger partial charge < -0.3 is 10.1 Å². The van der Waals surface area contributed by atoms with Crippen LogP contribution in [0, 0.1) is 0 Å². The molecule has 0 atom stereocenters. The lowest BCUT2D eigenvalue weighted by Gasteiger charge is -2.09. The van der Waals surface area contributed by atoms with Gasteiger partial charge in [-0.05, 0) is 42.5 Å². The molecule has 0 aliphatic rings. The minimum Gasteiger partial charge on any atom is -0.496 e. The Morgan fingerprint density at radius 2 is 1.68 bits per heavy atom. The van der Waals surface area contributed by atoms with Gasteiger partial charge in [-0.2, -0.15) is 0 Å². The summed E-state index contributed by atoms with van der Waals surface area (Å²) in [6, 6.07) is 12.7. The maximum absolute atomic E-state index is 12.2. The van der Waals surface area contributed by atoms with Crippen molar-refractivity contribution < 1.29 is 9.53 Å². The minimum absolute atomic E-state index is 0.202. The fourth-order valence-electron chi connectivity index (χ4n) is 1.58. The topological polar surface area (TPSA) is 38.3 Å². The Bertz CT molecular complexity index is 597. The second-order valence-corrected chi connectivity index (χ2v) is 5.64. The first kappa shape index (κ1) is 14.1. The monoisotopic (exact) mass is 383 g/mol. The number of methoxy groups -OCH3 is 1. The van der Waals surface area contributed by atoms with Crippen LogP contribution in [-0.2, 0) is 0 Å². The van der Waals surface area contributed by atoms with Gasteiger partial charge in [0, 0.05) is 14.6 Å². The van der Waals surface area contributed by atoms with Gasteiger partial charge in [-0.1, -0.05) is 31.9 Å². The summed E-state index contributed by atoms with van der Waals surface area (Å²) in [7, 11) is 1.54. The number of rotatable bonds is 3. The van der Waals surface area contributed by atoms with Crippen molar-refractivity contribution in [3.63, 3.8) is 0 Å². The maximum atomic E-state index is 12.2. The molecule has 1 N–H and O–H groups in total. The quantitative estimate of drug-likeness (QED) is 0.847. The van der Waals surface area contributed by atoms with Gasteiger partial charge in [0.25, 0.3) is 5.91 Å². The Kier molecular flexibility index (Phi) is 4.61. The molecule has 2 aromatic carbocycles. The van der Waals surface area contributed by atoms with Crippen LogP contribution in [0.5, 0.6) is 5.75 Å². The lowest BCUT2D eigenvalue weighted by molar-refractivity contribution is 0.102. The molecule has 0 fully saturated rings. The fourth-order valence-corrected chi connectivity index (χ4v) is 2.19. The Morgan fingerprint density at radius 3 is 2.32 bits per heavy atom. The van der Waals surface area contributed by atoms with Crippen molar-refractivity contribution in [1.82, 2.24) is 0 Å². The second kappa shape index (κ2) is 6.21. The molecule has 98 valence electrons. The van der Waals surface area contributed by atoms with Crippen molar-refractivity contribution in [3.05, 3.63) is 57.0 Å². The van der Waals surface area contributed by atoms with E-state index in [1.807, 2.05) is 24.3 Å². The predicted molar refractivity (Wildman–Crippen MR) is 82.8 cm³/mol. The number of benzene rings is 2. The second-order valence-electron chi connectivity index (χ2n) is 3.81. The number of hydrogen-bond acceptors (Lipinski definition) is 2. The predicted octanol–water partition coefficient (Wildman–Crippen LogP) is 4.47. The van der Waals surface area contributed by atoms with Crippen LogP contribution in [0.4, 0.5) is 5.69 Å². The largest absolute Gasteiger partial charge is 0.496 e. The molecule has 0 heterocycles. The van der Waals surface area contributed by atoms with E-state index in [0.29, 0.717) is 11.3 Å². The zero-order chi connectivity index (χ0) is 13.8. The maximum Gasteiger partial charge on any atom is 0.259 e. The highest BCUT2D eigenvalue weighted by Gasteiger charge is 2.12. The Hall–Kier alpha value is -1.33. The first-order valence-electron chi connectivity index (χ1n) is 5.50. The van der Waals surface area contributed by atoms with Crippen molar-refractivity contribution in [2.24, 2.45) is 0 Å². The Labute approximate surface area is 128 Å². The van der Waals surface area contributed by atoms with Crippen LogP contribution in [0.1, 0.15) is 10.4 Å². The highest BCUT2D eigenvalue weighted by atomic mass is 79.9. The van der Waals surface area contributed by atoms with Crippen LogP contribution in [0.3, 0.4) is 0 Å². The minimum atomic E-state index is -0.202. The van der Waals surface area contributed by atoms with Gasteiger partial charge >= 0.3 is 0 Å². The van der Waals surface area contributed by atoms with Gasteiger partial charge in [0.05, 0.1) is 12.7 Å². The summed E-state index contributed by atoms with van der Waals surface area (Å²) in [5.74, 6) is 0.329. The molecule has 0 aliphatic heterocycles. The number of anilines is 1. The van der Waals surface area contributed by atoms with E-state index in [9.17, 15) is 4.79 Å². The molecule has 0 aliphatic carbocycles. The van der Waals surface area contributed by atoms with E-state index in [-0.39, 0.29) is 5.91 Å². The Balaban J connectivity index is 2.22. The van der Waals surface area contributed by atoms with E-state index in [0.717, 1.165) is 14.6 Å². The summed E-state index contributed by atoms with van der Waals surface area (Å²) in [5, 5.41) is 2.82. The smallest absolute Gasteiger partial charge is 0.259 e. The lowest BCUT2D eigenvalue weighted by Crippen LogP contribution is -2.13. The summed E-state index contributed by atoms with van der Waals surface area (Å²) in [6.45, 7) is 0. The SMILES string of the molecule is COc1cc(Br)ccc1C(=O)Nc1ccc(Br)cc1. The van der Waals surface area contributed by atoms with E-state index in [1.54, 1.807) is 18.2 Å². The number of hydrogen-bond donors (Lipinski definition) is 1. The van der Waals surface area contributed by atoms with Crippen molar-refractivity contribution >= 4 is 43.5 Å². The number of amides is 1. The molecule has 0 spiro atoms. The van der Waals surface area contributed by atoms with E-state index in [1.165, 1.54) is 7.11 Å². The molecule has 0 bridgehead atoms. The van der Waals surface area contributed by atoms with Gasteiger partial charge in [0.15, 0.2) is 0 Å². The fraction of sp³-hybridized carbons (Fsp3) is 0.0714. The summed E-state index contributed by atoms with van der Waals surface area (Å²) >= 11 is 6.69. The molecule has 5 heteroatoms. The third kappa shape index (κ3) is 3.58. The first-order valence-corrected chi connectivity index (χ1v) is 7.09. The first-order chi connectivity index (χ1) is 9.10. The zero-order valence-electron chi connectivity index (χ0n) is 10.1. The van der Waals surface area contributed by atoms with Gasteiger partial charge in [0.2, 0.25) is 0 Å². The van der Waals surface area contributed by atoms with E-state index >= 15 is 0 Å². The van der Waals surface area contributed by atoms with E-state index in [4.69, 9.17) is 4.74 Å². The average Bonchev–Trinajstić information content (AvgIpc) is 2.41. The molecule has 2 rings (SSSR count). The van der Waals surface area contributed by atoms with E-state index in [2.05, 4.69) is 37.2 Å². The van der Waals surface area contributed by atoms with Crippen LogP contribution < -0.4 is 10.1 Å². The zero-order valence-corrected chi connectivity index (χ0v) is 13.3. The number of carbonyl (C=O) groups is 1. The summed E-state index contributed by atoms with van der Waals surface area (Å²) < 4.78 is 7.04. The van der Waals surface area contributed by atoms with Crippen LogP contribution in [0.2, 0.25) is 0 Å². The standard InChI is InChI=1S/C14H11Br2NO2/c1-19-13-8-10(16)4-7-12(13)14(18)17-11-5-2-9(15)3-6-11/h2-8H,1H3,(H,17,18). The van der Waals surface area contributed by atoms with Gasteiger partial charge in [-0.25, -0.2) is 0 Å². The van der Waals surface area contributed by atoms with Crippen LogP contribution in [0.15, 0.2) is 51.4 Å². The Morgan fingerprint density at radius 1 is 1.05 bits per heavy atom. The molecule has 19 heavy (non-hydrogen) atoms. The number of halogens is 2. The van der Waals surface area contributed by atoms with Crippen molar-refractivity contribution in [2.75, 3.05) is 12.4 Å². The highest BCUT2D eigenvalue weighted by Crippen LogP contribution is 2.24. The highest BCUT2D eigenvalue weighted by molar-refractivity contribution is 9.10. The molecule has 2 aromatic rings. The molecule has 0 saturated carbocycles. The number of nitrogens with one attached hydrogen (secondary N) is 1. The molecule has 0 unspecified atom stereocenters. The summed E-state index contributed by atoms with van der Waals surface area (Å²) in [6.07, 6.45) is 0. The molecule has 3 nitrogen and oxygen atoms in total.